The Morgan fingerprint density at radius 1 is 1.79 bits per heavy atom. The molecule has 1 heterocycles. The summed E-state index contributed by atoms with van der Waals surface area (Å²) in [6.07, 6.45) is 0.577. The number of hydrogen-bond acceptors (Lipinski definition) is 5. The standard InChI is InChI=1S/C8H12N2O3S/c1-5-9-3-7(14-5)8(13)10-2-6(12)4-11/h3,6,11-12H,2,4H2,1H3,(H,10,13). The number of aliphatic hydroxyl groups excluding tert-OH is 2. The maximum atomic E-state index is 11.3. The fraction of sp³-hybridized carbons (Fsp3) is 0.500. The number of carbonyl (C=O) groups excluding carboxylic acids is 1. The van der Waals surface area contributed by atoms with Crippen molar-refractivity contribution >= 4 is 17.2 Å². The molecule has 0 bridgehead atoms. The first-order valence-corrected chi connectivity index (χ1v) is 4.94. The van der Waals surface area contributed by atoms with E-state index in [4.69, 9.17) is 10.2 Å². The third kappa shape index (κ3) is 3.06. The van der Waals surface area contributed by atoms with Gasteiger partial charge in [-0.25, -0.2) is 4.98 Å². The first-order valence-electron chi connectivity index (χ1n) is 4.13. The molecule has 0 saturated heterocycles. The van der Waals surface area contributed by atoms with Gasteiger partial charge in [-0.05, 0) is 6.92 Å². The van der Waals surface area contributed by atoms with Gasteiger partial charge in [0.25, 0.3) is 5.91 Å². The summed E-state index contributed by atoms with van der Waals surface area (Å²) in [4.78, 5) is 15.8. The van der Waals surface area contributed by atoms with Crippen molar-refractivity contribution in [2.24, 2.45) is 0 Å². The summed E-state index contributed by atoms with van der Waals surface area (Å²) in [5.74, 6) is -0.275. The van der Waals surface area contributed by atoms with Gasteiger partial charge in [0.2, 0.25) is 0 Å². The molecule has 6 heteroatoms. The van der Waals surface area contributed by atoms with Gasteiger partial charge in [0.05, 0.1) is 23.9 Å². The lowest BCUT2D eigenvalue weighted by Gasteiger charge is -2.07. The molecule has 5 nitrogen and oxygen atoms in total. The van der Waals surface area contributed by atoms with Crippen molar-refractivity contribution in [3.8, 4) is 0 Å². The molecule has 1 rings (SSSR count). The topological polar surface area (TPSA) is 82.5 Å². The maximum Gasteiger partial charge on any atom is 0.263 e. The highest BCUT2D eigenvalue weighted by Gasteiger charge is 2.10. The van der Waals surface area contributed by atoms with Gasteiger partial charge in [-0.3, -0.25) is 4.79 Å². The predicted octanol–water partition coefficient (Wildman–Crippen LogP) is -0.465. The molecule has 14 heavy (non-hydrogen) atoms. The first-order chi connectivity index (χ1) is 6.63. The third-order valence-corrected chi connectivity index (χ3v) is 2.47. The second-order valence-electron chi connectivity index (χ2n) is 2.79. The van der Waals surface area contributed by atoms with Crippen LogP contribution in [0.3, 0.4) is 0 Å². The number of thiazole rings is 1. The lowest BCUT2D eigenvalue weighted by atomic mass is 10.3. The van der Waals surface area contributed by atoms with E-state index in [-0.39, 0.29) is 19.1 Å². The molecular weight excluding hydrogens is 204 g/mol. The van der Waals surface area contributed by atoms with E-state index in [1.165, 1.54) is 17.5 Å². The van der Waals surface area contributed by atoms with Crippen LogP contribution in [0, 0.1) is 6.92 Å². The Morgan fingerprint density at radius 3 is 3.00 bits per heavy atom. The van der Waals surface area contributed by atoms with Gasteiger partial charge in [0.1, 0.15) is 4.88 Å². The summed E-state index contributed by atoms with van der Waals surface area (Å²) in [5.41, 5.74) is 0. The number of nitrogens with zero attached hydrogens (tertiary/aromatic N) is 1. The molecule has 1 atom stereocenters. The maximum absolute atomic E-state index is 11.3. The summed E-state index contributed by atoms with van der Waals surface area (Å²) < 4.78 is 0. The number of nitrogens with one attached hydrogen (secondary N) is 1. The molecule has 0 aliphatic carbocycles. The van der Waals surface area contributed by atoms with E-state index in [0.717, 1.165) is 5.01 Å². The molecule has 0 aromatic carbocycles. The SMILES string of the molecule is Cc1ncc(C(=O)NCC(O)CO)s1. The minimum Gasteiger partial charge on any atom is -0.394 e. The van der Waals surface area contributed by atoms with E-state index in [9.17, 15) is 4.79 Å². The molecule has 0 radical (unpaired) electrons. The number of aryl methyl sites for hydroxylation is 1. The fourth-order valence-corrected chi connectivity index (χ4v) is 1.52. The van der Waals surface area contributed by atoms with Crippen LogP contribution in [0.4, 0.5) is 0 Å². The van der Waals surface area contributed by atoms with Gasteiger partial charge in [0, 0.05) is 6.54 Å². The minimum absolute atomic E-state index is 0.0479. The van der Waals surface area contributed by atoms with E-state index in [0.29, 0.717) is 4.88 Å². The molecule has 0 fully saturated rings. The summed E-state index contributed by atoms with van der Waals surface area (Å²) in [6.45, 7) is 1.50. The number of aromatic nitrogens is 1. The molecule has 0 aliphatic rings. The fourth-order valence-electron chi connectivity index (χ4n) is 0.829. The van der Waals surface area contributed by atoms with Crippen molar-refractivity contribution in [3.63, 3.8) is 0 Å². The zero-order valence-corrected chi connectivity index (χ0v) is 8.54. The molecule has 1 aromatic rings. The van der Waals surface area contributed by atoms with Crippen molar-refractivity contribution in [2.45, 2.75) is 13.0 Å². The van der Waals surface area contributed by atoms with Crippen LogP contribution in [-0.4, -0.2) is 40.4 Å². The molecule has 0 aliphatic heterocycles. The van der Waals surface area contributed by atoms with E-state index < -0.39 is 6.10 Å². The second-order valence-corrected chi connectivity index (χ2v) is 4.02. The zero-order chi connectivity index (χ0) is 10.6. The van der Waals surface area contributed by atoms with E-state index in [1.807, 2.05) is 6.92 Å². The summed E-state index contributed by atoms with van der Waals surface area (Å²) in [5, 5.41) is 20.8. The lowest BCUT2D eigenvalue weighted by Crippen LogP contribution is -2.33. The molecule has 1 aromatic heterocycles. The average molecular weight is 216 g/mol. The van der Waals surface area contributed by atoms with Crippen LogP contribution in [-0.2, 0) is 0 Å². The van der Waals surface area contributed by atoms with Gasteiger partial charge in [-0.2, -0.15) is 0 Å². The van der Waals surface area contributed by atoms with Crippen LogP contribution in [0.1, 0.15) is 14.7 Å². The van der Waals surface area contributed by atoms with E-state index in [2.05, 4.69) is 10.3 Å². The van der Waals surface area contributed by atoms with Gasteiger partial charge in [-0.15, -0.1) is 11.3 Å². The predicted molar refractivity (Wildman–Crippen MR) is 52.3 cm³/mol. The molecule has 0 spiro atoms. The third-order valence-electron chi connectivity index (χ3n) is 1.55. The van der Waals surface area contributed by atoms with Gasteiger partial charge < -0.3 is 15.5 Å². The number of rotatable bonds is 4. The highest BCUT2D eigenvalue weighted by molar-refractivity contribution is 7.13. The minimum atomic E-state index is -0.909. The Labute approximate surface area is 85.4 Å². The highest BCUT2D eigenvalue weighted by Crippen LogP contribution is 2.10. The van der Waals surface area contributed by atoms with E-state index in [1.54, 1.807) is 0 Å². The molecule has 0 saturated carbocycles. The number of hydrogen-bond donors (Lipinski definition) is 3. The Bertz CT molecular complexity index is 313. The highest BCUT2D eigenvalue weighted by atomic mass is 32.1. The Hall–Kier alpha value is -0.980. The van der Waals surface area contributed by atoms with Crippen molar-refractivity contribution in [2.75, 3.05) is 13.2 Å². The lowest BCUT2D eigenvalue weighted by molar-refractivity contribution is 0.0804. The van der Waals surface area contributed by atoms with Crippen LogP contribution in [0.15, 0.2) is 6.20 Å². The molecule has 1 amide bonds. The van der Waals surface area contributed by atoms with Crippen LogP contribution < -0.4 is 5.32 Å². The van der Waals surface area contributed by atoms with Crippen LogP contribution in [0.25, 0.3) is 0 Å². The molecule has 78 valence electrons. The Balaban J connectivity index is 2.43. The van der Waals surface area contributed by atoms with E-state index >= 15 is 0 Å². The molecule has 1 unspecified atom stereocenters. The van der Waals surface area contributed by atoms with Crippen molar-refractivity contribution in [3.05, 3.63) is 16.1 Å². The van der Waals surface area contributed by atoms with Crippen LogP contribution in [0.5, 0.6) is 0 Å². The quantitative estimate of drug-likeness (QED) is 0.635. The summed E-state index contributed by atoms with van der Waals surface area (Å²) in [6, 6.07) is 0. The van der Waals surface area contributed by atoms with Crippen molar-refractivity contribution in [1.29, 1.82) is 0 Å². The average Bonchev–Trinajstić information content (AvgIpc) is 2.60. The normalized spacial score (nSPS) is 12.5. The first kappa shape index (κ1) is 11.1. The largest absolute Gasteiger partial charge is 0.394 e. The number of aliphatic hydroxyl groups is 2. The zero-order valence-electron chi connectivity index (χ0n) is 7.73. The second kappa shape index (κ2) is 5.04. The summed E-state index contributed by atoms with van der Waals surface area (Å²) >= 11 is 1.29. The Morgan fingerprint density at radius 2 is 2.50 bits per heavy atom. The molecule has 3 N–H and O–H groups in total. The smallest absolute Gasteiger partial charge is 0.263 e. The Kier molecular flexibility index (Phi) is 3.99. The van der Waals surface area contributed by atoms with Crippen molar-refractivity contribution < 1.29 is 15.0 Å². The molecular formula is C8H12N2O3S. The van der Waals surface area contributed by atoms with Gasteiger partial charge in [-0.1, -0.05) is 0 Å². The van der Waals surface area contributed by atoms with Gasteiger partial charge >= 0.3 is 0 Å². The monoisotopic (exact) mass is 216 g/mol. The van der Waals surface area contributed by atoms with Crippen LogP contribution in [0.2, 0.25) is 0 Å². The number of amides is 1. The van der Waals surface area contributed by atoms with Crippen LogP contribution >= 0.6 is 11.3 Å². The van der Waals surface area contributed by atoms with Gasteiger partial charge in [0.15, 0.2) is 0 Å². The van der Waals surface area contributed by atoms with Crippen molar-refractivity contribution in [1.82, 2.24) is 10.3 Å². The summed E-state index contributed by atoms with van der Waals surface area (Å²) in [7, 11) is 0. The number of carbonyl (C=O) groups is 1.